The van der Waals surface area contributed by atoms with Crippen LogP contribution in [0.1, 0.15) is 46.3 Å². The Morgan fingerprint density at radius 3 is 2.75 bits per heavy atom. The number of likely N-dealkylation sites (tertiary alicyclic amines) is 1. The highest BCUT2D eigenvalue weighted by Crippen LogP contribution is 2.26. The van der Waals surface area contributed by atoms with Crippen molar-refractivity contribution in [3.8, 4) is 0 Å². The lowest BCUT2D eigenvalue weighted by molar-refractivity contribution is 0.1000. The summed E-state index contributed by atoms with van der Waals surface area (Å²) in [7, 11) is 0. The molecular weight excluding hydrogens is 302 g/mol. The second-order valence-electron chi connectivity index (χ2n) is 6.40. The summed E-state index contributed by atoms with van der Waals surface area (Å²) in [6, 6.07) is 11.8. The zero-order chi connectivity index (χ0) is 16.9. The Balaban J connectivity index is 1.63. The number of nitrogens with one attached hydrogen (secondary N) is 1. The second-order valence-corrected chi connectivity index (χ2v) is 6.40. The summed E-state index contributed by atoms with van der Waals surface area (Å²) in [5.74, 6) is 1.58. The van der Waals surface area contributed by atoms with Crippen LogP contribution in [0.15, 0.2) is 40.8 Å². The van der Waals surface area contributed by atoms with Gasteiger partial charge in [0.1, 0.15) is 11.5 Å². The molecule has 0 radical (unpaired) electrons. The van der Waals surface area contributed by atoms with E-state index in [1.165, 1.54) is 12.8 Å². The third-order valence-electron chi connectivity index (χ3n) is 4.55. The quantitative estimate of drug-likeness (QED) is 0.820. The van der Waals surface area contributed by atoms with Gasteiger partial charge in [0.15, 0.2) is 0 Å². The van der Waals surface area contributed by atoms with Crippen molar-refractivity contribution in [2.24, 2.45) is 5.73 Å². The molecule has 128 valence electrons. The molecule has 1 fully saturated rings. The van der Waals surface area contributed by atoms with Crippen molar-refractivity contribution in [3.63, 3.8) is 0 Å². The van der Waals surface area contributed by atoms with Crippen LogP contribution in [0.5, 0.6) is 0 Å². The Bertz CT molecular complexity index is 689. The van der Waals surface area contributed by atoms with Gasteiger partial charge < -0.3 is 15.5 Å². The van der Waals surface area contributed by atoms with Gasteiger partial charge in [-0.05, 0) is 62.7 Å². The molecule has 3 N–H and O–H groups in total. The molecule has 2 aromatic rings. The SMILES string of the molecule is Cc1ccc(C(CNCc2cccc(C(N)=O)c2)N2CCCC2)o1. The molecule has 1 saturated heterocycles. The number of aryl methyl sites for hydroxylation is 1. The molecule has 0 spiro atoms. The number of nitrogens with zero attached hydrogens (tertiary/aromatic N) is 1. The van der Waals surface area contributed by atoms with Crippen molar-refractivity contribution in [3.05, 3.63) is 59.0 Å². The van der Waals surface area contributed by atoms with Crippen LogP contribution in [0.2, 0.25) is 0 Å². The van der Waals surface area contributed by atoms with Crippen molar-refractivity contribution in [1.82, 2.24) is 10.2 Å². The van der Waals surface area contributed by atoms with Crippen LogP contribution >= 0.6 is 0 Å². The molecule has 5 nitrogen and oxygen atoms in total. The molecule has 1 amide bonds. The molecule has 0 saturated carbocycles. The number of nitrogens with two attached hydrogens (primary N) is 1. The molecule has 0 bridgehead atoms. The Hall–Kier alpha value is -2.11. The first-order valence-corrected chi connectivity index (χ1v) is 8.53. The summed E-state index contributed by atoms with van der Waals surface area (Å²) in [5, 5.41) is 3.50. The normalized spacial score (nSPS) is 16.4. The number of hydrogen-bond acceptors (Lipinski definition) is 4. The molecule has 1 aliphatic rings. The fraction of sp³-hybridized carbons (Fsp3) is 0.421. The monoisotopic (exact) mass is 327 g/mol. The number of rotatable bonds is 7. The average Bonchev–Trinajstić information content (AvgIpc) is 3.24. The van der Waals surface area contributed by atoms with E-state index in [2.05, 4.69) is 16.3 Å². The van der Waals surface area contributed by atoms with Gasteiger partial charge in [-0.3, -0.25) is 9.69 Å². The summed E-state index contributed by atoms with van der Waals surface area (Å²) >= 11 is 0. The molecule has 5 heteroatoms. The van der Waals surface area contributed by atoms with E-state index in [1.54, 1.807) is 6.07 Å². The largest absolute Gasteiger partial charge is 0.465 e. The Labute approximate surface area is 142 Å². The van der Waals surface area contributed by atoms with Crippen LogP contribution in [0.25, 0.3) is 0 Å². The molecule has 1 unspecified atom stereocenters. The summed E-state index contributed by atoms with van der Waals surface area (Å²) < 4.78 is 5.87. The van der Waals surface area contributed by atoms with Gasteiger partial charge in [-0.15, -0.1) is 0 Å². The van der Waals surface area contributed by atoms with E-state index in [-0.39, 0.29) is 6.04 Å². The van der Waals surface area contributed by atoms with Crippen molar-refractivity contribution in [2.45, 2.75) is 32.4 Å². The maximum atomic E-state index is 11.3. The van der Waals surface area contributed by atoms with Crippen LogP contribution in [-0.2, 0) is 6.54 Å². The van der Waals surface area contributed by atoms with Gasteiger partial charge in [0.25, 0.3) is 0 Å². The number of primary amides is 1. The number of benzene rings is 1. The van der Waals surface area contributed by atoms with E-state index in [0.717, 1.165) is 36.7 Å². The summed E-state index contributed by atoms with van der Waals surface area (Å²) in [4.78, 5) is 13.8. The van der Waals surface area contributed by atoms with Crippen molar-refractivity contribution in [1.29, 1.82) is 0 Å². The fourth-order valence-corrected chi connectivity index (χ4v) is 3.28. The first-order valence-electron chi connectivity index (χ1n) is 8.53. The molecule has 0 aliphatic carbocycles. The smallest absolute Gasteiger partial charge is 0.248 e. The number of carbonyl (C=O) groups is 1. The minimum absolute atomic E-state index is 0.250. The Morgan fingerprint density at radius 1 is 1.29 bits per heavy atom. The van der Waals surface area contributed by atoms with Gasteiger partial charge in [0, 0.05) is 18.7 Å². The zero-order valence-corrected chi connectivity index (χ0v) is 14.1. The van der Waals surface area contributed by atoms with E-state index in [4.69, 9.17) is 10.2 Å². The average molecular weight is 327 g/mol. The summed E-state index contributed by atoms with van der Waals surface area (Å²) in [5.41, 5.74) is 6.95. The second kappa shape index (κ2) is 7.64. The zero-order valence-electron chi connectivity index (χ0n) is 14.1. The first-order chi connectivity index (χ1) is 11.6. The number of amides is 1. The molecular formula is C19H25N3O2. The summed E-state index contributed by atoms with van der Waals surface area (Å²) in [6.45, 7) is 5.72. The number of hydrogen-bond donors (Lipinski definition) is 2. The Kier molecular flexibility index (Phi) is 5.33. The Morgan fingerprint density at radius 2 is 2.08 bits per heavy atom. The van der Waals surface area contributed by atoms with Crippen LogP contribution in [-0.4, -0.2) is 30.4 Å². The van der Waals surface area contributed by atoms with E-state index in [9.17, 15) is 4.79 Å². The van der Waals surface area contributed by atoms with Crippen molar-refractivity contribution >= 4 is 5.91 Å². The minimum atomic E-state index is -0.391. The van der Waals surface area contributed by atoms with Gasteiger partial charge in [-0.2, -0.15) is 0 Å². The highest BCUT2D eigenvalue weighted by Gasteiger charge is 2.25. The molecule has 1 aromatic heterocycles. The predicted molar refractivity (Wildman–Crippen MR) is 93.7 cm³/mol. The van der Waals surface area contributed by atoms with Crippen molar-refractivity contribution < 1.29 is 9.21 Å². The standard InChI is InChI=1S/C19H25N3O2/c1-14-7-8-18(24-14)17(22-9-2-3-10-22)13-21-12-15-5-4-6-16(11-15)19(20)23/h4-8,11,17,21H,2-3,9-10,12-13H2,1H3,(H2,20,23). The highest BCUT2D eigenvalue weighted by atomic mass is 16.3. The van der Waals surface area contributed by atoms with Gasteiger partial charge in [0.05, 0.1) is 6.04 Å². The minimum Gasteiger partial charge on any atom is -0.465 e. The lowest BCUT2D eigenvalue weighted by Gasteiger charge is -2.26. The first kappa shape index (κ1) is 16.7. The highest BCUT2D eigenvalue weighted by molar-refractivity contribution is 5.92. The summed E-state index contributed by atoms with van der Waals surface area (Å²) in [6.07, 6.45) is 2.49. The van der Waals surface area contributed by atoms with Gasteiger partial charge in [-0.1, -0.05) is 12.1 Å². The third kappa shape index (κ3) is 4.04. The maximum absolute atomic E-state index is 11.3. The lowest BCUT2D eigenvalue weighted by Crippen LogP contribution is -2.33. The van der Waals surface area contributed by atoms with E-state index in [1.807, 2.05) is 31.2 Å². The van der Waals surface area contributed by atoms with E-state index >= 15 is 0 Å². The number of furan rings is 1. The topological polar surface area (TPSA) is 71.5 Å². The third-order valence-corrected chi connectivity index (χ3v) is 4.55. The van der Waals surface area contributed by atoms with Crippen LogP contribution in [0.4, 0.5) is 0 Å². The molecule has 2 heterocycles. The van der Waals surface area contributed by atoms with E-state index in [0.29, 0.717) is 12.1 Å². The van der Waals surface area contributed by atoms with E-state index < -0.39 is 5.91 Å². The fourth-order valence-electron chi connectivity index (χ4n) is 3.28. The molecule has 1 aromatic carbocycles. The molecule has 1 aliphatic heterocycles. The predicted octanol–water partition coefficient (Wildman–Crippen LogP) is 2.61. The molecule has 24 heavy (non-hydrogen) atoms. The lowest BCUT2D eigenvalue weighted by atomic mass is 10.1. The van der Waals surface area contributed by atoms with Crippen molar-refractivity contribution in [2.75, 3.05) is 19.6 Å². The molecule has 1 atom stereocenters. The van der Waals surface area contributed by atoms with Crippen LogP contribution < -0.4 is 11.1 Å². The number of carbonyl (C=O) groups excluding carboxylic acids is 1. The van der Waals surface area contributed by atoms with Gasteiger partial charge >= 0.3 is 0 Å². The van der Waals surface area contributed by atoms with Crippen LogP contribution in [0, 0.1) is 6.92 Å². The molecule has 3 rings (SSSR count). The van der Waals surface area contributed by atoms with Gasteiger partial charge in [0.2, 0.25) is 5.91 Å². The van der Waals surface area contributed by atoms with Gasteiger partial charge in [-0.25, -0.2) is 0 Å². The van der Waals surface area contributed by atoms with Crippen LogP contribution in [0.3, 0.4) is 0 Å². The maximum Gasteiger partial charge on any atom is 0.248 e.